The van der Waals surface area contributed by atoms with Crippen LogP contribution in [-0.4, -0.2) is 24.2 Å². The number of carbonyl (C=O) groups is 1. The molecule has 0 aliphatic heterocycles. The first-order valence-corrected chi connectivity index (χ1v) is 5.29. The van der Waals surface area contributed by atoms with Crippen molar-refractivity contribution in [2.75, 3.05) is 13.1 Å². The molecule has 4 heteroatoms. The van der Waals surface area contributed by atoms with Gasteiger partial charge in [-0.2, -0.15) is 0 Å². The molecule has 0 heterocycles. The van der Waals surface area contributed by atoms with E-state index in [0.29, 0.717) is 0 Å². The van der Waals surface area contributed by atoms with Crippen LogP contribution < -0.4 is 10.6 Å². The van der Waals surface area contributed by atoms with E-state index < -0.39 is 5.60 Å². The van der Waals surface area contributed by atoms with Crippen molar-refractivity contribution in [2.24, 2.45) is 0 Å². The number of rotatable bonds is 4. The van der Waals surface area contributed by atoms with Crippen LogP contribution >= 0.6 is 0 Å². The van der Waals surface area contributed by atoms with Gasteiger partial charge in [0.05, 0.1) is 13.1 Å². The fourth-order valence-corrected chi connectivity index (χ4v) is 1.35. The zero-order valence-electron chi connectivity index (χ0n) is 9.73. The predicted octanol–water partition coefficient (Wildman–Crippen LogP) is 0.827. The first kappa shape index (κ1) is 13.1. The molecule has 0 spiro atoms. The molecular formula is C13H16N2O2. The molecule has 0 saturated carbocycles. The minimum Gasteiger partial charge on any atom is -0.384 e. The molecule has 17 heavy (non-hydrogen) atoms. The van der Waals surface area contributed by atoms with Crippen molar-refractivity contribution in [3.8, 4) is 12.3 Å². The van der Waals surface area contributed by atoms with Crippen LogP contribution in [0.25, 0.3) is 0 Å². The molecule has 1 aromatic carbocycles. The van der Waals surface area contributed by atoms with Crippen LogP contribution in [0.1, 0.15) is 12.5 Å². The molecule has 90 valence electrons. The highest BCUT2D eigenvalue weighted by atomic mass is 16.3. The Bertz CT molecular complexity index is 407. The van der Waals surface area contributed by atoms with Gasteiger partial charge in [-0.15, -0.1) is 6.42 Å². The lowest BCUT2D eigenvalue weighted by atomic mass is 9.96. The third-order valence-corrected chi connectivity index (χ3v) is 2.34. The number of aliphatic hydroxyl groups is 1. The van der Waals surface area contributed by atoms with Crippen LogP contribution in [0.3, 0.4) is 0 Å². The van der Waals surface area contributed by atoms with E-state index in [2.05, 4.69) is 16.6 Å². The second-order valence-electron chi connectivity index (χ2n) is 3.88. The third kappa shape index (κ3) is 4.17. The van der Waals surface area contributed by atoms with Crippen LogP contribution in [0.15, 0.2) is 30.3 Å². The summed E-state index contributed by atoms with van der Waals surface area (Å²) in [7, 11) is 0. The van der Waals surface area contributed by atoms with Crippen LogP contribution in [-0.2, 0) is 5.60 Å². The average Bonchev–Trinajstić information content (AvgIpc) is 2.35. The molecule has 0 saturated heterocycles. The lowest BCUT2D eigenvalue weighted by Gasteiger charge is -2.24. The molecule has 3 N–H and O–H groups in total. The average molecular weight is 232 g/mol. The molecule has 1 aromatic rings. The molecule has 1 unspecified atom stereocenters. The van der Waals surface area contributed by atoms with Crippen molar-refractivity contribution in [1.29, 1.82) is 0 Å². The summed E-state index contributed by atoms with van der Waals surface area (Å²) >= 11 is 0. The van der Waals surface area contributed by atoms with Crippen molar-refractivity contribution in [1.82, 2.24) is 10.6 Å². The number of benzene rings is 1. The van der Waals surface area contributed by atoms with Crippen LogP contribution in [0.5, 0.6) is 0 Å². The summed E-state index contributed by atoms with van der Waals surface area (Å²) in [5.74, 6) is 2.29. The van der Waals surface area contributed by atoms with Gasteiger partial charge in [0, 0.05) is 0 Å². The highest BCUT2D eigenvalue weighted by molar-refractivity contribution is 5.74. The Morgan fingerprint density at radius 1 is 1.41 bits per heavy atom. The summed E-state index contributed by atoms with van der Waals surface area (Å²) in [6.07, 6.45) is 5.01. The van der Waals surface area contributed by atoms with E-state index in [9.17, 15) is 9.90 Å². The second-order valence-corrected chi connectivity index (χ2v) is 3.88. The number of urea groups is 1. The van der Waals surface area contributed by atoms with Crippen molar-refractivity contribution in [3.05, 3.63) is 35.9 Å². The minimum atomic E-state index is -1.10. The van der Waals surface area contributed by atoms with E-state index in [4.69, 9.17) is 6.42 Å². The summed E-state index contributed by atoms with van der Waals surface area (Å²) < 4.78 is 0. The fourth-order valence-electron chi connectivity index (χ4n) is 1.35. The maximum absolute atomic E-state index is 11.3. The Labute approximate surface area is 101 Å². The summed E-state index contributed by atoms with van der Waals surface area (Å²) in [5, 5.41) is 15.2. The monoisotopic (exact) mass is 232 g/mol. The number of hydrogen-bond donors (Lipinski definition) is 3. The van der Waals surface area contributed by atoms with E-state index in [1.165, 1.54) is 0 Å². The highest BCUT2D eigenvalue weighted by Crippen LogP contribution is 2.18. The van der Waals surface area contributed by atoms with Gasteiger partial charge in [0.25, 0.3) is 0 Å². The van der Waals surface area contributed by atoms with Gasteiger partial charge >= 0.3 is 6.03 Å². The molecule has 0 radical (unpaired) electrons. The Morgan fingerprint density at radius 2 is 2.06 bits per heavy atom. The van der Waals surface area contributed by atoms with Crippen molar-refractivity contribution in [2.45, 2.75) is 12.5 Å². The van der Waals surface area contributed by atoms with Crippen molar-refractivity contribution in [3.63, 3.8) is 0 Å². The molecule has 0 fully saturated rings. The number of terminal acetylenes is 1. The zero-order valence-corrected chi connectivity index (χ0v) is 9.73. The SMILES string of the molecule is C#CCNC(=O)NCC(C)(O)c1ccccc1. The largest absolute Gasteiger partial charge is 0.384 e. The molecular weight excluding hydrogens is 216 g/mol. The molecule has 0 aliphatic carbocycles. The van der Waals surface area contributed by atoms with Crippen LogP contribution in [0.4, 0.5) is 4.79 Å². The number of carbonyl (C=O) groups excluding carboxylic acids is 1. The standard InChI is InChI=1S/C13H16N2O2/c1-3-9-14-12(16)15-10-13(2,17)11-7-5-4-6-8-11/h1,4-8,17H,9-10H2,2H3,(H2,14,15,16). The van der Waals surface area contributed by atoms with Gasteiger partial charge in [0.2, 0.25) is 0 Å². The van der Waals surface area contributed by atoms with E-state index in [0.717, 1.165) is 5.56 Å². The first-order chi connectivity index (χ1) is 8.06. The number of nitrogens with one attached hydrogen (secondary N) is 2. The van der Waals surface area contributed by atoms with Gasteiger partial charge in [-0.1, -0.05) is 36.3 Å². The Balaban J connectivity index is 2.51. The lowest BCUT2D eigenvalue weighted by molar-refractivity contribution is 0.0594. The molecule has 2 amide bonds. The van der Waals surface area contributed by atoms with Gasteiger partial charge in [0.15, 0.2) is 0 Å². The van der Waals surface area contributed by atoms with E-state index >= 15 is 0 Å². The van der Waals surface area contributed by atoms with Gasteiger partial charge in [-0.3, -0.25) is 0 Å². The molecule has 0 bridgehead atoms. The first-order valence-electron chi connectivity index (χ1n) is 5.29. The fraction of sp³-hybridized carbons (Fsp3) is 0.308. The molecule has 0 aromatic heterocycles. The smallest absolute Gasteiger partial charge is 0.315 e. The quantitative estimate of drug-likeness (QED) is 0.673. The minimum absolute atomic E-state index is 0.118. The van der Waals surface area contributed by atoms with Gasteiger partial charge in [0.1, 0.15) is 5.60 Å². The summed E-state index contributed by atoms with van der Waals surface area (Å²) in [6, 6.07) is 8.76. The topological polar surface area (TPSA) is 61.4 Å². The maximum atomic E-state index is 11.3. The molecule has 4 nitrogen and oxygen atoms in total. The molecule has 0 aliphatic rings. The Hall–Kier alpha value is -1.99. The Kier molecular flexibility index (Phi) is 4.56. The second kappa shape index (κ2) is 5.92. The number of amides is 2. The Morgan fingerprint density at radius 3 is 2.65 bits per heavy atom. The van der Waals surface area contributed by atoms with Gasteiger partial charge in [-0.05, 0) is 12.5 Å². The van der Waals surface area contributed by atoms with Gasteiger partial charge in [-0.25, -0.2) is 4.79 Å². The van der Waals surface area contributed by atoms with E-state index in [-0.39, 0.29) is 19.1 Å². The zero-order chi connectivity index (χ0) is 12.7. The van der Waals surface area contributed by atoms with Crippen molar-refractivity contribution >= 4 is 6.03 Å². The lowest BCUT2D eigenvalue weighted by Crippen LogP contribution is -2.43. The van der Waals surface area contributed by atoms with E-state index in [1.54, 1.807) is 19.1 Å². The summed E-state index contributed by atoms with van der Waals surface area (Å²) in [5.41, 5.74) is -0.355. The van der Waals surface area contributed by atoms with E-state index in [1.807, 2.05) is 18.2 Å². The maximum Gasteiger partial charge on any atom is 0.315 e. The molecule has 1 rings (SSSR count). The van der Waals surface area contributed by atoms with Crippen LogP contribution in [0.2, 0.25) is 0 Å². The van der Waals surface area contributed by atoms with Gasteiger partial charge < -0.3 is 15.7 Å². The summed E-state index contributed by atoms with van der Waals surface area (Å²) in [6.45, 7) is 1.93. The number of hydrogen-bond acceptors (Lipinski definition) is 2. The normalized spacial score (nSPS) is 13.2. The highest BCUT2D eigenvalue weighted by Gasteiger charge is 2.23. The third-order valence-electron chi connectivity index (χ3n) is 2.34. The predicted molar refractivity (Wildman–Crippen MR) is 66.2 cm³/mol. The van der Waals surface area contributed by atoms with Crippen molar-refractivity contribution < 1.29 is 9.90 Å². The molecule has 1 atom stereocenters. The van der Waals surface area contributed by atoms with Crippen LogP contribution in [0, 0.1) is 12.3 Å². The summed E-state index contributed by atoms with van der Waals surface area (Å²) in [4.78, 5) is 11.3.